The van der Waals surface area contributed by atoms with E-state index < -0.39 is 10.3 Å². The fourth-order valence-corrected chi connectivity index (χ4v) is 5.00. The SMILES string of the molecule is Cc1csc(Sc2ccc(C(=O)N3CCN(C(=O)C(C)(C)C)CC3)cc2[N+](=O)[O-])n1. The molecule has 0 unspecified atom stereocenters. The summed E-state index contributed by atoms with van der Waals surface area (Å²) >= 11 is 2.65. The minimum atomic E-state index is -0.473. The maximum Gasteiger partial charge on any atom is 0.284 e. The van der Waals surface area contributed by atoms with E-state index in [-0.39, 0.29) is 23.1 Å². The lowest BCUT2D eigenvalue weighted by molar-refractivity contribution is -0.387. The normalized spacial score (nSPS) is 14.7. The second-order valence-corrected chi connectivity index (χ2v) is 10.3. The fraction of sp³-hybridized carbons (Fsp3) is 0.450. The Hall–Kier alpha value is -2.46. The Bertz CT molecular complexity index is 975. The van der Waals surface area contributed by atoms with Crippen LogP contribution < -0.4 is 0 Å². The summed E-state index contributed by atoms with van der Waals surface area (Å²) in [5, 5.41) is 13.5. The smallest absolute Gasteiger partial charge is 0.284 e. The van der Waals surface area contributed by atoms with Crippen molar-refractivity contribution in [2.75, 3.05) is 26.2 Å². The molecule has 30 heavy (non-hydrogen) atoms. The van der Waals surface area contributed by atoms with Gasteiger partial charge in [-0.25, -0.2) is 4.98 Å². The summed E-state index contributed by atoms with van der Waals surface area (Å²) in [6, 6.07) is 4.55. The number of aromatic nitrogens is 1. The third-order valence-corrected chi connectivity index (χ3v) is 6.82. The van der Waals surface area contributed by atoms with Crippen molar-refractivity contribution < 1.29 is 14.5 Å². The quantitative estimate of drug-likeness (QED) is 0.521. The lowest BCUT2D eigenvalue weighted by Crippen LogP contribution is -2.53. The molecule has 2 amide bonds. The van der Waals surface area contributed by atoms with Gasteiger partial charge >= 0.3 is 0 Å². The number of hydrogen-bond acceptors (Lipinski definition) is 7. The third kappa shape index (κ3) is 4.99. The van der Waals surface area contributed by atoms with Crippen molar-refractivity contribution in [3.05, 3.63) is 45.0 Å². The van der Waals surface area contributed by atoms with Crippen molar-refractivity contribution in [1.29, 1.82) is 0 Å². The summed E-state index contributed by atoms with van der Waals surface area (Å²) in [6.45, 7) is 9.22. The molecule has 1 aliphatic heterocycles. The Labute approximate surface area is 183 Å². The Balaban J connectivity index is 1.73. The average molecular weight is 449 g/mol. The molecule has 1 saturated heterocycles. The first-order chi connectivity index (χ1) is 14.1. The van der Waals surface area contributed by atoms with Gasteiger partial charge in [-0.1, -0.05) is 32.5 Å². The molecule has 0 atom stereocenters. The molecule has 0 saturated carbocycles. The first kappa shape index (κ1) is 22.2. The van der Waals surface area contributed by atoms with Crippen LogP contribution in [0.5, 0.6) is 0 Å². The molecular weight excluding hydrogens is 424 g/mol. The van der Waals surface area contributed by atoms with E-state index in [9.17, 15) is 19.7 Å². The van der Waals surface area contributed by atoms with Gasteiger partial charge in [0.1, 0.15) is 0 Å². The van der Waals surface area contributed by atoms with E-state index in [1.807, 2.05) is 33.1 Å². The van der Waals surface area contributed by atoms with E-state index in [0.29, 0.717) is 35.4 Å². The Morgan fingerprint density at radius 3 is 2.33 bits per heavy atom. The number of benzene rings is 1. The Morgan fingerprint density at radius 2 is 1.80 bits per heavy atom. The van der Waals surface area contributed by atoms with Crippen LogP contribution in [0.1, 0.15) is 36.8 Å². The zero-order valence-corrected chi connectivity index (χ0v) is 19.0. The van der Waals surface area contributed by atoms with Crippen LogP contribution in [-0.4, -0.2) is 57.7 Å². The zero-order valence-electron chi connectivity index (χ0n) is 17.4. The second kappa shape index (κ2) is 8.73. The van der Waals surface area contributed by atoms with Crippen molar-refractivity contribution in [2.24, 2.45) is 5.41 Å². The molecule has 2 aromatic rings. The summed E-state index contributed by atoms with van der Waals surface area (Å²) in [5.41, 5.74) is 0.564. The van der Waals surface area contributed by atoms with Gasteiger partial charge in [-0.3, -0.25) is 19.7 Å². The summed E-state index contributed by atoms with van der Waals surface area (Å²) in [4.78, 5) is 44.6. The summed E-state index contributed by atoms with van der Waals surface area (Å²) in [5.74, 6) is -0.202. The number of nitro benzene ring substituents is 1. The van der Waals surface area contributed by atoms with Crippen LogP contribution in [0, 0.1) is 22.5 Å². The highest BCUT2D eigenvalue weighted by molar-refractivity contribution is 8.01. The molecule has 2 heterocycles. The first-order valence-corrected chi connectivity index (χ1v) is 11.2. The highest BCUT2D eigenvalue weighted by atomic mass is 32.2. The number of amides is 2. The molecule has 0 spiro atoms. The number of carbonyl (C=O) groups is 2. The van der Waals surface area contributed by atoms with Gasteiger partial charge < -0.3 is 9.80 Å². The number of hydrogen-bond donors (Lipinski definition) is 0. The molecule has 1 aromatic heterocycles. The Morgan fingerprint density at radius 1 is 1.17 bits per heavy atom. The van der Waals surface area contributed by atoms with Gasteiger partial charge in [-0.2, -0.15) is 0 Å². The topological polar surface area (TPSA) is 96.7 Å². The molecule has 10 heteroatoms. The summed E-state index contributed by atoms with van der Waals surface area (Å²) < 4.78 is 0.717. The molecule has 1 fully saturated rings. The van der Waals surface area contributed by atoms with E-state index in [2.05, 4.69) is 4.98 Å². The molecule has 1 aliphatic rings. The molecule has 0 radical (unpaired) electrons. The van der Waals surface area contributed by atoms with Crippen molar-refractivity contribution in [3.63, 3.8) is 0 Å². The number of nitrogens with zero attached hydrogens (tertiary/aromatic N) is 4. The highest BCUT2D eigenvalue weighted by Crippen LogP contribution is 2.37. The number of piperazine rings is 1. The van der Waals surface area contributed by atoms with E-state index >= 15 is 0 Å². The zero-order chi connectivity index (χ0) is 22.1. The summed E-state index contributed by atoms with van der Waals surface area (Å²) in [6.07, 6.45) is 0. The van der Waals surface area contributed by atoms with Gasteiger partial charge in [-0.15, -0.1) is 11.3 Å². The lowest BCUT2D eigenvalue weighted by Gasteiger charge is -2.37. The number of carbonyl (C=O) groups excluding carboxylic acids is 2. The van der Waals surface area contributed by atoms with E-state index in [4.69, 9.17) is 0 Å². The Kier molecular flexibility index (Phi) is 6.47. The molecule has 0 bridgehead atoms. The van der Waals surface area contributed by atoms with E-state index in [1.165, 1.54) is 29.2 Å². The lowest BCUT2D eigenvalue weighted by atomic mass is 9.94. The van der Waals surface area contributed by atoms with Crippen molar-refractivity contribution in [3.8, 4) is 0 Å². The minimum absolute atomic E-state index is 0.0593. The predicted octanol–water partition coefficient (Wildman–Crippen LogP) is 3.84. The minimum Gasteiger partial charge on any atom is -0.339 e. The van der Waals surface area contributed by atoms with Crippen LogP contribution in [-0.2, 0) is 4.79 Å². The van der Waals surface area contributed by atoms with Gasteiger partial charge in [0.2, 0.25) is 5.91 Å². The van der Waals surface area contributed by atoms with E-state index in [1.54, 1.807) is 21.9 Å². The van der Waals surface area contributed by atoms with Crippen LogP contribution in [0.2, 0.25) is 0 Å². The molecule has 0 aliphatic carbocycles. The number of rotatable bonds is 4. The monoisotopic (exact) mass is 448 g/mol. The van der Waals surface area contributed by atoms with Gasteiger partial charge in [0.25, 0.3) is 11.6 Å². The second-order valence-electron chi connectivity index (χ2n) is 8.13. The van der Waals surface area contributed by atoms with E-state index in [0.717, 1.165) is 5.69 Å². The molecule has 1 aromatic carbocycles. The number of aryl methyl sites for hydroxylation is 1. The number of nitro groups is 1. The van der Waals surface area contributed by atoms with Crippen LogP contribution in [0.4, 0.5) is 5.69 Å². The van der Waals surface area contributed by atoms with Gasteiger partial charge in [-0.05, 0) is 19.1 Å². The maximum atomic E-state index is 12.9. The van der Waals surface area contributed by atoms with Crippen molar-refractivity contribution in [1.82, 2.24) is 14.8 Å². The maximum absolute atomic E-state index is 12.9. The molecule has 0 N–H and O–H groups in total. The van der Waals surface area contributed by atoms with Gasteiger partial charge in [0, 0.05) is 54.3 Å². The largest absolute Gasteiger partial charge is 0.339 e. The van der Waals surface area contributed by atoms with Crippen molar-refractivity contribution >= 4 is 40.6 Å². The van der Waals surface area contributed by atoms with Crippen LogP contribution in [0.25, 0.3) is 0 Å². The van der Waals surface area contributed by atoms with Crippen molar-refractivity contribution in [2.45, 2.75) is 36.9 Å². The van der Waals surface area contributed by atoms with Crippen LogP contribution >= 0.6 is 23.1 Å². The fourth-order valence-electron chi connectivity index (χ4n) is 3.12. The van der Waals surface area contributed by atoms with Crippen LogP contribution in [0.15, 0.2) is 32.8 Å². The third-order valence-electron chi connectivity index (χ3n) is 4.69. The highest BCUT2D eigenvalue weighted by Gasteiger charge is 2.31. The molecule has 3 rings (SSSR count). The predicted molar refractivity (Wildman–Crippen MR) is 116 cm³/mol. The first-order valence-electron chi connectivity index (χ1n) is 9.53. The standard InChI is InChI=1S/C20H24N4O4S2/c1-13-12-29-19(21-13)30-16-6-5-14(11-15(16)24(27)28)17(25)22-7-9-23(10-8-22)18(26)20(2,3)4/h5-6,11-12H,7-10H2,1-4H3. The molecule has 8 nitrogen and oxygen atoms in total. The average Bonchev–Trinajstić information content (AvgIpc) is 3.11. The van der Waals surface area contributed by atoms with Crippen LogP contribution in [0.3, 0.4) is 0 Å². The molecular formula is C20H24N4O4S2. The van der Waals surface area contributed by atoms with Gasteiger partial charge in [0.15, 0.2) is 4.34 Å². The molecule has 160 valence electrons. The van der Waals surface area contributed by atoms with Gasteiger partial charge in [0.05, 0.1) is 9.82 Å². The number of thiazole rings is 1. The summed E-state index contributed by atoms with van der Waals surface area (Å²) in [7, 11) is 0.